The van der Waals surface area contributed by atoms with Crippen molar-refractivity contribution in [3.8, 4) is 0 Å². The lowest BCUT2D eigenvalue weighted by atomic mass is 9.99. The van der Waals surface area contributed by atoms with Crippen molar-refractivity contribution >= 4 is 35.4 Å². The van der Waals surface area contributed by atoms with Gasteiger partial charge in [-0.05, 0) is 65.1 Å². The summed E-state index contributed by atoms with van der Waals surface area (Å²) in [5.74, 6) is -1.01. The zero-order valence-corrected chi connectivity index (χ0v) is 29.6. The van der Waals surface area contributed by atoms with Gasteiger partial charge in [0.05, 0.1) is 23.9 Å². The number of likely N-dealkylation sites (tertiary alicyclic amines) is 1. The smallest absolute Gasteiger partial charge is 0.245 e. The summed E-state index contributed by atoms with van der Waals surface area (Å²) >= 11 is 1.42. The van der Waals surface area contributed by atoms with Crippen LogP contribution in [0.1, 0.15) is 65.0 Å². The molecule has 2 aromatic rings. The van der Waals surface area contributed by atoms with Crippen LogP contribution in [0.4, 0.5) is 0 Å². The van der Waals surface area contributed by atoms with E-state index in [1.807, 2.05) is 100 Å². The van der Waals surface area contributed by atoms with Gasteiger partial charge in [-0.3, -0.25) is 29.4 Å². The highest BCUT2D eigenvalue weighted by molar-refractivity contribution is 8.01. The number of nitrogens with one attached hydrogen (secondary N) is 5. The maximum absolute atomic E-state index is 13.6. The predicted molar refractivity (Wildman–Crippen MR) is 189 cm³/mol. The van der Waals surface area contributed by atoms with Crippen molar-refractivity contribution in [1.29, 1.82) is 0 Å². The van der Waals surface area contributed by atoms with Crippen LogP contribution in [0.15, 0.2) is 60.7 Å². The first-order valence-electron chi connectivity index (χ1n) is 16.8. The van der Waals surface area contributed by atoms with Crippen LogP contribution in [0.3, 0.4) is 0 Å². The molecule has 2 aromatic carbocycles. The number of β-amino-alcohol motifs (C(OH)–C–C–N with tert-alkyl or cyclic N) is 1. The van der Waals surface area contributed by atoms with Gasteiger partial charge in [0.1, 0.15) is 12.1 Å². The van der Waals surface area contributed by atoms with Crippen LogP contribution < -0.4 is 26.6 Å². The SMILES string of the molecule is CC(C)(C)NC(=O)[C@@H]1CCCCN1C[C@@H](O)CNC(=O)[C@@H]1N[C@@H]([C@H](NC(=O)Cc2ccccc2)C(=O)NCc2ccccc2)SC1(C)C. The molecule has 0 spiro atoms. The average molecular weight is 681 g/mol. The van der Waals surface area contributed by atoms with Gasteiger partial charge in [-0.15, -0.1) is 11.8 Å². The van der Waals surface area contributed by atoms with Gasteiger partial charge in [-0.2, -0.15) is 0 Å². The maximum atomic E-state index is 13.6. The zero-order chi connectivity index (χ0) is 34.9. The van der Waals surface area contributed by atoms with Gasteiger partial charge in [0.2, 0.25) is 23.6 Å². The van der Waals surface area contributed by atoms with Gasteiger partial charge >= 0.3 is 0 Å². The number of aliphatic hydroxyl groups is 1. The molecule has 0 unspecified atom stereocenters. The molecule has 0 radical (unpaired) electrons. The van der Waals surface area contributed by atoms with Crippen molar-refractivity contribution in [2.75, 3.05) is 19.6 Å². The van der Waals surface area contributed by atoms with E-state index in [0.717, 1.165) is 30.4 Å². The van der Waals surface area contributed by atoms with Crippen molar-refractivity contribution in [3.63, 3.8) is 0 Å². The Kier molecular flexibility index (Phi) is 13.1. The Hall–Kier alpha value is -3.45. The number of thioether (sulfide) groups is 1. The summed E-state index contributed by atoms with van der Waals surface area (Å²) in [4.78, 5) is 55.2. The summed E-state index contributed by atoms with van der Waals surface area (Å²) in [5, 5.41) is 25.4. The zero-order valence-electron chi connectivity index (χ0n) is 28.8. The fourth-order valence-electron chi connectivity index (χ4n) is 6.14. The van der Waals surface area contributed by atoms with Gasteiger partial charge < -0.3 is 26.4 Å². The molecule has 5 atom stereocenters. The Morgan fingerprint density at radius 3 is 2.25 bits per heavy atom. The highest BCUT2D eigenvalue weighted by Crippen LogP contribution is 2.39. The first-order valence-corrected chi connectivity index (χ1v) is 17.7. The van der Waals surface area contributed by atoms with E-state index >= 15 is 0 Å². The van der Waals surface area contributed by atoms with Crippen molar-refractivity contribution in [2.24, 2.45) is 0 Å². The first-order chi connectivity index (χ1) is 22.7. The number of piperidine rings is 1. The van der Waals surface area contributed by atoms with Gasteiger partial charge in [0, 0.05) is 29.9 Å². The standard InChI is InChI=1S/C36H52N6O5S/c1-35(2,3)41-31(45)27-18-12-13-19-42(27)23-26(43)22-38-33(47)30-36(4,5)48-34(40-30)29(32(46)37-21-25-16-10-7-11-17-25)39-28(44)20-24-14-8-6-9-15-24/h6-11,14-17,26-27,29-30,34,40,43H,12-13,18-23H2,1-5H3,(H,37,46)(H,38,47)(H,39,44)(H,41,45)/t26-,27-,29+,30-,34+/m0/s1. The van der Waals surface area contributed by atoms with Crippen LogP contribution in [-0.4, -0.2) is 93.2 Å². The molecule has 2 aliphatic rings. The minimum absolute atomic E-state index is 0.0152. The van der Waals surface area contributed by atoms with Gasteiger partial charge in [-0.1, -0.05) is 67.1 Å². The number of carbonyl (C=O) groups excluding carboxylic acids is 4. The summed E-state index contributed by atoms with van der Waals surface area (Å²) in [6.45, 7) is 10.9. The molecule has 2 heterocycles. The van der Waals surface area contributed by atoms with Crippen LogP contribution >= 0.6 is 11.8 Å². The van der Waals surface area contributed by atoms with Gasteiger partial charge in [0.15, 0.2) is 0 Å². The molecule has 0 aliphatic carbocycles. The number of aliphatic hydroxyl groups excluding tert-OH is 1. The van der Waals surface area contributed by atoms with E-state index in [-0.39, 0.29) is 54.7 Å². The number of hydrogen-bond donors (Lipinski definition) is 6. The number of benzene rings is 2. The summed E-state index contributed by atoms with van der Waals surface area (Å²) in [6, 6.07) is 16.9. The summed E-state index contributed by atoms with van der Waals surface area (Å²) in [6.07, 6.45) is 1.85. The third kappa shape index (κ3) is 11.0. The molecular formula is C36H52N6O5S. The molecule has 48 heavy (non-hydrogen) atoms. The predicted octanol–water partition coefficient (Wildman–Crippen LogP) is 2.09. The van der Waals surface area contributed by atoms with Crippen molar-refractivity contribution in [3.05, 3.63) is 71.8 Å². The van der Waals surface area contributed by atoms with E-state index in [2.05, 4.69) is 26.6 Å². The quantitative estimate of drug-likeness (QED) is 0.188. The van der Waals surface area contributed by atoms with Crippen LogP contribution in [0.5, 0.6) is 0 Å². The highest BCUT2D eigenvalue weighted by atomic mass is 32.2. The third-order valence-electron chi connectivity index (χ3n) is 8.51. The Morgan fingerprint density at radius 1 is 0.958 bits per heavy atom. The van der Waals surface area contributed by atoms with Gasteiger partial charge in [0.25, 0.3) is 0 Å². The Labute approximate surface area is 288 Å². The average Bonchev–Trinajstić information content (AvgIpc) is 3.36. The number of rotatable bonds is 13. The Bertz CT molecular complexity index is 1390. The molecule has 0 aromatic heterocycles. The van der Waals surface area contributed by atoms with Crippen LogP contribution in [0, 0.1) is 0 Å². The van der Waals surface area contributed by atoms with E-state index in [1.54, 1.807) is 0 Å². The summed E-state index contributed by atoms with van der Waals surface area (Å²) < 4.78 is -0.634. The molecule has 0 saturated carbocycles. The molecule has 2 fully saturated rings. The molecule has 12 heteroatoms. The molecule has 262 valence electrons. The maximum Gasteiger partial charge on any atom is 0.245 e. The lowest BCUT2D eigenvalue weighted by Gasteiger charge is -2.37. The third-order valence-corrected chi connectivity index (χ3v) is 10.0. The van der Waals surface area contributed by atoms with E-state index in [9.17, 15) is 24.3 Å². The number of amides is 4. The molecule has 4 amide bonds. The normalized spacial score (nSPS) is 22.2. The van der Waals surface area contributed by atoms with Crippen LogP contribution in [0.2, 0.25) is 0 Å². The molecule has 0 bridgehead atoms. The molecule has 6 N–H and O–H groups in total. The molecule has 2 saturated heterocycles. The van der Waals surface area contributed by atoms with Crippen LogP contribution in [0.25, 0.3) is 0 Å². The second-order valence-electron chi connectivity index (χ2n) is 14.3. The number of hydrogen-bond acceptors (Lipinski definition) is 8. The molecular weight excluding hydrogens is 629 g/mol. The lowest BCUT2D eigenvalue weighted by Crippen LogP contribution is -2.58. The lowest BCUT2D eigenvalue weighted by molar-refractivity contribution is -0.130. The Morgan fingerprint density at radius 2 is 1.60 bits per heavy atom. The van der Waals surface area contributed by atoms with Crippen molar-refractivity contribution in [1.82, 2.24) is 31.5 Å². The van der Waals surface area contributed by atoms with E-state index in [1.165, 1.54) is 11.8 Å². The van der Waals surface area contributed by atoms with Crippen molar-refractivity contribution in [2.45, 2.75) is 107 Å². The first kappa shape index (κ1) is 37.4. The van der Waals surface area contributed by atoms with Crippen molar-refractivity contribution < 1.29 is 24.3 Å². The highest BCUT2D eigenvalue weighted by Gasteiger charge is 2.49. The van der Waals surface area contributed by atoms with Crippen LogP contribution in [-0.2, 0) is 32.1 Å². The molecule has 11 nitrogen and oxygen atoms in total. The Balaban J connectivity index is 1.38. The van der Waals surface area contributed by atoms with E-state index in [0.29, 0.717) is 13.1 Å². The van der Waals surface area contributed by atoms with E-state index < -0.39 is 28.3 Å². The molecule has 4 rings (SSSR count). The summed E-state index contributed by atoms with van der Waals surface area (Å²) in [5.41, 5.74) is 1.40. The second-order valence-corrected chi connectivity index (χ2v) is 16.1. The topological polar surface area (TPSA) is 152 Å². The van der Waals surface area contributed by atoms with E-state index in [4.69, 9.17) is 0 Å². The minimum Gasteiger partial charge on any atom is -0.390 e. The fraction of sp³-hybridized carbons (Fsp3) is 0.556. The summed E-state index contributed by atoms with van der Waals surface area (Å²) in [7, 11) is 0. The number of carbonyl (C=O) groups is 4. The fourth-order valence-corrected chi connectivity index (χ4v) is 7.64. The molecule has 2 aliphatic heterocycles. The van der Waals surface area contributed by atoms with Gasteiger partial charge in [-0.25, -0.2) is 0 Å². The number of nitrogens with zero attached hydrogens (tertiary/aromatic N) is 1. The monoisotopic (exact) mass is 680 g/mol. The second kappa shape index (κ2) is 16.8. The largest absolute Gasteiger partial charge is 0.390 e. The minimum atomic E-state index is -0.951.